The topological polar surface area (TPSA) is 99.0 Å². The first-order valence-electron chi connectivity index (χ1n) is 6.53. The second-order valence-electron chi connectivity index (χ2n) is 4.71. The Balaban J connectivity index is 1.68. The van der Waals surface area contributed by atoms with Crippen LogP contribution in [0.15, 0.2) is 42.3 Å². The van der Waals surface area contributed by atoms with Gasteiger partial charge in [-0.3, -0.25) is 14.8 Å². The molecule has 8 nitrogen and oxygen atoms in total. The van der Waals surface area contributed by atoms with E-state index in [4.69, 9.17) is 0 Å². The van der Waals surface area contributed by atoms with Crippen LogP contribution in [0.2, 0.25) is 0 Å². The van der Waals surface area contributed by atoms with Gasteiger partial charge in [0.25, 0.3) is 0 Å². The smallest absolute Gasteiger partial charge is 0.306 e. The van der Waals surface area contributed by atoms with Gasteiger partial charge in [-0.2, -0.15) is 5.10 Å². The zero-order valence-corrected chi connectivity index (χ0v) is 12.3. The van der Waals surface area contributed by atoms with Gasteiger partial charge in [0.15, 0.2) is 0 Å². The minimum absolute atomic E-state index is 0.0888. The van der Waals surface area contributed by atoms with Gasteiger partial charge < -0.3 is 9.67 Å². The zero-order valence-electron chi connectivity index (χ0n) is 11.4. The van der Waals surface area contributed by atoms with E-state index >= 15 is 0 Å². The number of aliphatic hydroxyl groups excluding tert-OH is 1. The molecule has 0 aliphatic rings. The number of aromatic nitrogens is 4. The van der Waals surface area contributed by atoms with E-state index in [0.717, 1.165) is 10.7 Å². The Labute approximate surface area is 129 Å². The molecule has 0 saturated carbocycles. The molecular formula is C13H13N5O3S. The summed E-state index contributed by atoms with van der Waals surface area (Å²) in [6.45, 7) is 0.511. The van der Waals surface area contributed by atoms with Gasteiger partial charge in [-0.05, 0) is 11.4 Å². The normalized spacial score (nSPS) is 12.4. The lowest BCUT2D eigenvalue weighted by Crippen LogP contribution is -2.22. The highest BCUT2D eigenvalue weighted by atomic mass is 32.1. The average molecular weight is 319 g/mol. The summed E-state index contributed by atoms with van der Waals surface area (Å²) < 4.78 is 3.22. The maximum Gasteiger partial charge on any atom is 0.306 e. The second-order valence-corrected chi connectivity index (χ2v) is 5.66. The van der Waals surface area contributed by atoms with Crippen LogP contribution in [0.25, 0.3) is 10.7 Å². The summed E-state index contributed by atoms with van der Waals surface area (Å²) >= 11 is 1.57. The first-order chi connectivity index (χ1) is 10.6. The molecule has 0 fully saturated rings. The Bertz CT molecular complexity index is 764. The van der Waals surface area contributed by atoms with Crippen molar-refractivity contribution < 1.29 is 10.0 Å². The molecular weight excluding hydrogens is 306 g/mol. The SMILES string of the molecule is O=[N+]([O-])c1cnn(CC(O)Cn2ccnc2-c2cccs2)c1. The summed E-state index contributed by atoms with van der Waals surface area (Å²) in [6.07, 6.45) is 5.22. The number of nitrogens with zero attached hydrogens (tertiary/aromatic N) is 5. The summed E-state index contributed by atoms with van der Waals surface area (Å²) in [5, 5.41) is 26.6. The molecule has 0 aromatic carbocycles. The molecule has 0 aliphatic carbocycles. The molecule has 3 aromatic heterocycles. The van der Waals surface area contributed by atoms with Crippen LogP contribution in [0.3, 0.4) is 0 Å². The van der Waals surface area contributed by atoms with Crippen molar-refractivity contribution in [2.75, 3.05) is 0 Å². The van der Waals surface area contributed by atoms with Crippen molar-refractivity contribution in [3.63, 3.8) is 0 Å². The number of rotatable bonds is 6. The fourth-order valence-electron chi connectivity index (χ4n) is 2.13. The van der Waals surface area contributed by atoms with E-state index in [1.807, 2.05) is 22.1 Å². The Kier molecular flexibility index (Phi) is 3.98. The number of nitro groups is 1. The number of hydrogen-bond acceptors (Lipinski definition) is 6. The Morgan fingerprint density at radius 3 is 3.00 bits per heavy atom. The van der Waals surface area contributed by atoms with Crippen molar-refractivity contribution in [2.45, 2.75) is 19.2 Å². The molecule has 3 aromatic rings. The third-order valence-electron chi connectivity index (χ3n) is 3.09. The standard InChI is InChI=1S/C13H13N5O3S/c19-11(9-17-7-10(6-15-17)18(20)21)8-16-4-3-14-13(16)12-2-1-5-22-12/h1-7,11,19H,8-9H2. The molecule has 1 unspecified atom stereocenters. The molecule has 0 radical (unpaired) electrons. The van der Waals surface area contributed by atoms with E-state index in [-0.39, 0.29) is 12.2 Å². The van der Waals surface area contributed by atoms with Crippen LogP contribution < -0.4 is 0 Å². The summed E-state index contributed by atoms with van der Waals surface area (Å²) in [6, 6.07) is 3.91. The van der Waals surface area contributed by atoms with Gasteiger partial charge in [0.2, 0.25) is 0 Å². The molecule has 0 spiro atoms. The number of thiophene rings is 1. The van der Waals surface area contributed by atoms with Gasteiger partial charge in [-0.1, -0.05) is 6.07 Å². The zero-order chi connectivity index (χ0) is 15.5. The van der Waals surface area contributed by atoms with E-state index in [1.54, 1.807) is 23.7 Å². The number of aliphatic hydroxyl groups is 1. The molecule has 3 heterocycles. The molecule has 114 valence electrons. The Hall–Kier alpha value is -2.52. The van der Waals surface area contributed by atoms with E-state index in [2.05, 4.69) is 10.1 Å². The molecule has 3 rings (SSSR count). The fraction of sp³-hybridized carbons (Fsp3) is 0.231. The maximum absolute atomic E-state index is 10.6. The van der Waals surface area contributed by atoms with Gasteiger partial charge in [-0.15, -0.1) is 11.3 Å². The van der Waals surface area contributed by atoms with Gasteiger partial charge in [0.1, 0.15) is 18.2 Å². The predicted octanol–water partition coefficient (Wildman–Crippen LogP) is 1.78. The monoisotopic (exact) mass is 319 g/mol. The van der Waals surface area contributed by atoms with Gasteiger partial charge in [0, 0.05) is 12.4 Å². The van der Waals surface area contributed by atoms with Gasteiger partial charge in [-0.25, -0.2) is 4.98 Å². The first-order valence-corrected chi connectivity index (χ1v) is 7.41. The van der Waals surface area contributed by atoms with Crippen LogP contribution in [0.5, 0.6) is 0 Å². The highest BCUT2D eigenvalue weighted by molar-refractivity contribution is 7.13. The molecule has 0 aliphatic heterocycles. The summed E-state index contributed by atoms with van der Waals surface area (Å²) in [5.41, 5.74) is -0.0888. The van der Waals surface area contributed by atoms with E-state index in [0.29, 0.717) is 6.54 Å². The predicted molar refractivity (Wildman–Crippen MR) is 80.4 cm³/mol. The van der Waals surface area contributed by atoms with Crippen LogP contribution in [-0.4, -0.2) is 35.5 Å². The highest BCUT2D eigenvalue weighted by Crippen LogP contribution is 2.23. The van der Waals surface area contributed by atoms with Gasteiger partial charge >= 0.3 is 5.69 Å². The van der Waals surface area contributed by atoms with E-state index in [9.17, 15) is 15.2 Å². The average Bonchev–Trinajstić information content (AvgIpc) is 3.18. The molecule has 1 N–H and O–H groups in total. The van der Waals surface area contributed by atoms with Crippen molar-refractivity contribution in [1.29, 1.82) is 0 Å². The van der Waals surface area contributed by atoms with Crippen LogP contribution >= 0.6 is 11.3 Å². The van der Waals surface area contributed by atoms with Crippen LogP contribution in [-0.2, 0) is 13.1 Å². The second kappa shape index (κ2) is 6.08. The lowest BCUT2D eigenvalue weighted by Gasteiger charge is -2.13. The lowest BCUT2D eigenvalue weighted by molar-refractivity contribution is -0.385. The lowest BCUT2D eigenvalue weighted by atomic mass is 10.3. The van der Waals surface area contributed by atoms with E-state index < -0.39 is 11.0 Å². The van der Waals surface area contributed by atoms with Crippen molar-refractivity contribution in [3.8, 4) is 10.7 Å². The molecule has 9 heteroatoms. The van der Waals surface area contributed by atoms with Crippen molar-refractivity contribution >= 4 is 17.0 Å². The largest absolute Gasteiger partial charge is 0.389 e. The number of hydrogen-bond donors (Lipinski definition) is 1. The van der Waals surface area contributed by atoms with Crippen molar-refractivity contribution in [1.82, 2.24) is 19.3 Å². The van der Waals surface area contributed by atoms with Crippen LogP contribution in [0.1, 0.15) is 0 Å². The van der Waals surface area contributed by atoms with Crippen LogP contribution in [0, 0.1) is 10.1 Å². The van der Waals surface area contributed by atoms with Crippen molar-refractivity contribution in [2.24, 2.45) is 0 Å². The molecule has 1 atom stereocenters. The minimum atomic E-state index is -0.729. The third-order valence-corrected chi connectivity index (χ3v) is 3.96. The van der Waals surface area contributed by atoms with Crippen LogP contribution in [0.4, 0.5) is 5.69 Å². The molecule has 22 heavy (non-hydrogen) atoms. The summed E-state index contributed by atoms with van der Waals surface area (Å²) in [4.78, 5) is 15.4. The van der Waals surface area contributed by atoms with E-state index in [1.165, 1.54) is 17.1 Å². The Morgan fingerprint density at radius 2 is 2.32 bits per heavy atom. The molecule has 0 amide bonds. The third kappa shape index (κ3) is 3.05. The molecule has 0 bridgehead atoms. The molecule has 0 saturated heterocycles. The first kappa shape index (κ1) is 14.4. The number of imidazole rings is 1. The van der Waals surface area contributed by atoms with Gasteiger partial charge in [0.05, 0.1) is 29.0 Å². The summed E-state index contributed by atoms with van der Waals surface area (Å²) in [7, 11) is 0. The fourth-order valence-corrected chi connectivity index (χ4v) is 2.87. The summed E-state index contributed by atoms with van der Waals surface area (Å²) in [5.74, 6) is 0.792. The quantitative estimate of drug-likeness (QED) is 0.551. The minimum Gasteiger partial charge on any atom is -0.389 e. The van der Waals surface area contributed by atoms with Crippen molar-refractivity contribution in [3.05, 3.63) is 52.4 Å². The Morgan fingerprint density at radius 1 is 1.45 bits per heavy atom. The maximum atomic E-state index is 10.6. The highest BCUT2D eigenvalue weighted by Gasteiger charge is 2.14.